The lowest BCUT2D eigenvalue weighted by Crippen LogP contribution is -2.22. The molecule has 0 aliphatic carbocycles. The lowest BCUT2D eigenvalue weighted by Gasteiger charge is -2.19. The van der Waals surface area contributed by atoms with Gasteiger partial charge in [0.2, 0.25) is 5.91 Å². The van der Waals surface area contributed by atoms with E-state index in [1.807, 2.05) is 25.1 Å². The maximum absolute atomic E-state index is 12.4. The Balaban J connectivity index is 1.67. The first-order valence-electron chi connectivity index (χ1n) is 7.53. The molecule has 1 aliphatic rings. The first-order chi connectivity index (χ1) is 11.7. The molecule has 1 atom stereocenters. The molecule has 2 aromatic carbocycles. The van der Waals surface area contributed by atoms with Gasteiger partial charge in [0, 0.05) is 4.90 Å². The SMILES string of the molecule is CC(Sc1ccc2c(c1)OCCO2)C(=O)Nc1ccccc1C#N. The minimum Gasteiger partial charge on any atom is -0.486 e. The number of fused-ring (bicyclic) bond motifs is 1. The molecule has 2 aromatic rings. The summed E-state index contributed by atoms with van der Waals surface area (Å²) in [4.78, 5) is 13.3. The number of ether oxygens (including phenoxy) is 2. The molecule has 1 unspecified atom stereocenters. The van der Waals surface area contributed by atoms with E-state index >= 15 is 0 Å². The molecule has 1 heterocycles. The summed E-state index contributed by atoms with van der Waals surface area (Å²) in [6, 6.07) is 14.7. The van der Waals surface area contributed by atoms with Crippen LogP contribution in [0.1, 0.15) is 12.5 Å². The zero-order valence-corrected chi connectivity index (χ0v) is 13.9. The zero-order valence-electron chi connectivity index (χ0n) is 13.1. The molecular weight excluding hydrogens is 324 g/mol. The molecule has 5 nitrogen and oxygen atoms in total. The molecule has 0 radical (unpaired) electrons. The zero-order chi connectivity index (χ0) is 16.9. The first-order valence-corrected chi connectivity index (χ1v) is 8.41. The summed E-state index contributed by atoms with van der Waals surface area (Å²) < 4.78 is 11.0. The molecule has 0 saturated heterocycles. The predicted molar refractivity (Wildman–Crippen MR) is 92.5 cm³/mol. The maximum Gasteiger partial charge on any atom is 0.237 e. The number of nitrogens with zero attached hydrogens (tertiary/aromatic N) is 1. The molecule has 6 heteroatoms. The number of carbonyl (C=O) groups excluding carboxylic acids is 1. The van der Waals surface area contributed by atoms with Crippen LogP contribution in [0, 0.1) is 11.3 Å². The second-order valence-electron chi connectivity index (χ2n) is 5.21. The summed E-state index contributed by atoms with van der Waals surface area (Å²) in [5.41, 5.74) is 0.974. The van der Waals surface area contributed by atoms with Crippen LogP contribution in [0.25, 0.3) is 0 Å². The molecule has 24 heavy (non-hydrogen) atoms. The van der Waals surface area contributed by atoms with Gasteiger partial charge in [0.15, 0.2) is 11.5 Å². The van der Waals surface area contributed by atoms with Crippen molar-refractivity contribution in [1.82, 2.24) is 0 Å². The lowest BCUT2D eigenvalue weighted by atomic mass is 10.2. The smallest absolute Gasteiger partial charge is 0.237 e. The fourth-order valence-corrected chi connectivity index (χ4v) is 3.17. The highest BCUT2D eigenvalue weighted by atomic mass is 32.2. The Labute approximate surface area is 144 Å². The fraction of sp³-hybridized carbons (Fsp3) is 0.222. The van der Waals surface area contributed by atoms with Crippen LogP contribution in [0.5, 0.6) is 11.5 Å². The Hall–Kier alpha value is -2.65. The third-order valence-corrected chi connectivity index (χ3v) is 4.59. The number of para-hydroxylation sites is 1. The first kappa shape index (κ1) is 16.2. The summed E-state index contributed by atoms with van der Waals surface area (Å²) in [6.45, 7) is 2.91. The monoisotopic (exact) mass is 340 g/mol. The Morgan fingerprint density at radius 1 is 1.21 bits per heavy atom. The maximum atomic E-state index is 12.4. The molecule has 0 aromatic heterocycles. The van der Waals surface area contributed by atoms with Gasteiger partial charge in [-0.05, 0) is 37.3 Å². The molecule has 122 valence electrons. The van der Waals surface area contributed by atoms with E-state index in [0.29, 0.717) is 30.2 Å². The van der Waals surface area contributed by atoms with Gasteiger partial charge < -0.3 is 14.8 Å². The van der Waals surface area contributed by atoms with E-state index in [2.05, 4.69) is 11.4 Å². The van der Waals surface area contributed by atoms with Gasteiger partial charge in [-0.1, -0.05) is 12.1 Å². The van der Waals surface area contributed by atoms with Crippen LogP contribution < -0.4 is 14.8 Å². The minimum absolute atomic E-state index is 0.155. The molecule has 3 rings (SSSR count). The third-order valence-electron chi connectivity index (χ3n) is 3.50. The summed E-state index contributed by atoms with van der Waals surface area (Å²) in [7, 11) is 0. The number of thioether (sulfide) groups is 1. The summed E-state index contributed by atoms with van der Waals surface area (Å²) in [5, 5.41) is 11.6. The third kappa shape index (κ3) is 3.63. The van der Waals surface area contributed by atoms with Crippen molar-refractivity contribution in [2.45, 2.75) is 17.1 Å². The average Bonchev–Trinajstić information content (AvgIpc) is 2.62. The Kier molecular flexibility index (Phi) is 4.92. The molecule has 1 aliphatic heterocycles. The van der Waals surface area contributed by atoms with Crippen molar-refractivity contribution in [3.05, 3.63) is 48.0 Å². The standard InChI is InChI=1S/C18H16N2O3S/c1-12(18(21)20-15-5-3-2-4-13(15)11-19)24-14-6-7-16-17(10-14)23-9-8-22-16/h2-7,10,12H,8-9H2,1H3,(H,20,21). The highest BCUT2D eigenvalue weighted by Crippen LogP contribution is 2.35. The Morgan fingerprint density at radius 2 is 1.96 bits per heavy atom. The quantitative estimate of drug-likeness (QED) is 0.863. The Bertz CT molecular complexity index is 801. The van der Waals surface area contributed by atoms with Gasteiger partial charge in [0.05, 0.1) is 16.5 Å². The number of carbonyl (C=O) groups is 1. The van der Waals surface area contributed by atoms with E-state index in [1.165, 1.54) is 11.8 Å². The normalized spacial score (nSPS) is 13.7. The molecule has 1 N–H and O–H groups in total. The van der Waals surface area contributed by atoms with Crippen molar-refractivity contribution in [1.29, 1.82) is 5.26 Å². The number of amides is 1. The highest BCUT2D eigenvalue weighted by molar-refractivity contribution is 8.00. The molecule has 0 spiro atoms. The van der Waals surface area contributed by atoms with Crippen molar-refractivity contribution in [3.63, 3.8) is 0 Å². The Morgan fingerprint density at radius 3 is 2.75 bits per heavy atom. The summed E-state index contributed by atoms with van der Waals surface area (Å²) in [6.07, 6.45) is 0. The van der Waals surface area contributed by atoms with Gasteiger partial charge >= 0.3 is 0 Å². The van der Waals surface area contributed by atoms with Gasteiger partial charge in [-0.15, -0.1) is 11.8 Å². The molecule has 0 fully saturated rings. The molecular formula is C18H16N2O3S. The number of benzene rings is 2. The number of anilines is 1. The van der Waals surface area contributed by atoms with E-state index in [1.54, 1.807) is 24.3 Å². The summed E-state index contributed by atoms with van der Waals surface area (Å²) >= 11 is 1.43. The van der Waals surface area contributed by atoms with Crippen molar-refractivity contribution < 1.29 is 14.3 Å². The van der Waals surface area contributed by atoms with Crippen molar-refractivity contribution in [2.24, 2.45) is 0 Å². The summed E-state index contributed by atoms with van der Waals surface area (Å²) in [5.74, 6) is 1.27. The van der Waals surface area contributed by atoms with Gasteiger partial charge in [0.1, 0.15) is 19.3 Å². The second-order valence-corrected chi connectivity index (χ2v) is 6.63. The van der Waals surface area contributed by atoms with Gasteiger partial charge in [-0.2, -0.15) is 5.26 Å². The van der Waals surface area contributed by atoms with Gasteiger partial charge in [-0.25, -0.2) is 0 Å². The van der Waals surface area contributed by atoms with Crippen molar-refractivity contribution in [3.8, 4) is 17.6 Å². The number of hydrogen-bond donors (Lipinski definition) is 1. The largest absolute Gasteiger partial charge is 0.486 e. The van der Waals surface area contributed by atoms with Crippen molar-refractivity contribution in [2.75, 3.05) is 18.5 Å². The molecule has 0 saturated carbocycles. The number of rotatable bonds is 4. The van der Waals surface area contributed by atoms with E-state index in [4.69, 9.17) is 14.7 Å². The van der Waals surface area contributed by atoms with E-state index in [9.17, 15) is 4.79 Å². The topological polar surface area (TPSA) is 71.3 Å². The van der Waals surface area contributed by atoms with Crippen LogP contribution >= 0.6 is 11.8 Å². The van der Waals surface area contributed by atoms with Crippen LogP contribution in [0.2, 0.25) is 0 Å². The van der Waals surface area contributed by atoms with Crippen LogP contribution in [-0.4, -0.2) is 24.4 Å². The lowest BCUT2D eigenvalue weighted by molar-refractivity contribution is -0.115. The van der Waals surface area contributed by atoms with E-state index in [-0.39, 0.29) is 11.2 Å². The highest BCUT2D eigenvalue weighted by Gasteiger charge is 2.18. The van der Waals surface area contributed by atoms with Crippen LogP contribution in [0.4, 0.5) is 5.69 Å². The van der Waals surface area contributed by atoms with Crippen LogP contribution in [0.3, 0.4) is 0 Å². The van der Waals surface area contributed by atoms with Gasteiger partial charge in [-0.3, -0.25) is 4.79 Å². The second kappa shape index (κ2) is 7.28. The number of nitrogens with one attached hydrogen (secondary N) is 1. The van der Waals surface area contributed by atoms with E-state index in [0.717, 1.165) is 10.6 Å². The molecule has 0 bridgehead atoms. The van der Waals surface area contributed by atoms with Crippen molar-refractivity contribution >= 4 is 23.4 Å². The van der Waals surface area contributed by atoms with Gasteiger partial charge in [0.25, 0.3) is 0 Å². The minimum atomic E-state index is -0.320. The average molecular weight is 340 g/mol. The number of nitriles is 1. The molecule has 1 amide bonds. The number of hydrogen-bond acceptors (Lipinski definition) is 5. The van der Waals surface area contributed by atoms with Crippen LogP contribution in [-0.2, 0) is 4.79 Å². The fourth-order valence-electron chi connectivity index (χ4n) is 2.28. The predicted octanol–water partition coefficient (Wildman–Crippen LogP) is 3.45. The van der Waals surface area contributed by atoms with Crippen LogP contribution in [0.15, 0.2) is 47.4 Å². The van der Waals surface area contributed by atoms with E-state index < -0.39 is 0 Å².